The molecule has 0 atom stereocenters. The van der Waals surface area contributed by atoms with Gasteiger partial charge >= 0.3 is 23.9 Å². The van der Waals surface area contributed by atoms with Crippen LogP contribution in [0, 0.1) is 0 Å². The monoisotopic (exact) mass is 1860 g/mol. The van der Waals surface area contributed by atoms with E-state index in [1.165, 1.54) is 60.7 Å². The minimum atomic E-state index is -4.60. The standard InChI is InChI=1S/C97H128N6O26S2/c1-13-40-122-76-54-64(92(108)109)55-77(123-41-14-2)68(76)28-22-34-98-88(104)62-50-72(90(106)100-36-24-30-70-80(126-44-17-5)58-66(94(112)113)59-81(70)127-45-18-6)86-74(52-62)102(38-26-48-130(116,117)118)84(96(86,9)10)32-21-33-85-97(11,12)87-73(91(107)101-37-25-31-71-82(128-46-19-7)60-67(95(114)115)61-83(71)129-47-20-8)51-63(53-75(87)103(85)39-27-49-131(119,120)121)89(105)99-35-23-29-69-78(124-42-15-3)56-65(93(110)111)57-79(69)125-43-16-4/h21,32-33,50-61H,13-20,22-31,34-49H2,1-12H3,(H9-,98,99,100,101,104,105,106,107,108,109,110,111,112,113,114,115,116,117,118,119,120,121)/p+1. The van der Waals surface area contributed by atoms with Crippen molar-refractivity contribution < 1.29 is 127 Å². The third-order valence-electron chi connectivity index (χ3n) is 21.9. The van der Waals surface area contributed by atoms with Crippen LogP contribution in [0.3, 0.4) is 0 Å². The third-order valence-corrected chi connectivity index (χ3v) is 23.5. The maximum Gasteiger partial charge on any atom is 0.335 e. The van der Waals surface area contributed by atoms with Crippen LogP contribution in [0.15, 0.2) is 96.7 Å². The predicted octanol–water partition coefficient (Wildman–Crippen LogP) is 15.4. The van der Waals surface area contributed by atoms with E-state index in [0.29, 0.717) is 166 Å². The van der Waals surface area contributed by atoms with Gasteiger partial charge in [-0.05, 0) is 196 Å². The Hall–Kier alpha value is -11.8. The van der Waals surface area contributed by atoms with Crippen LogP contribution < -0.4 is 64.1 Å². The Labute approximate surface area is 767 Å². The Kier molecular flexibility index (Phi) is 39.5. The molecule has 0 spiro atoms. The van der Waals surface area contributed by atoms with Crippen LogP contribution in [0.5, 0.6) is 46.0 Å². The van der Waals surface area contributed by atoms with Crippen molar-refractivity contribution in [3.63, 3.8) is 0 Å². The van der Waals surface area contributed by atoms with Crippen molar-refractivity contribution in [2.75, 3.05) is 109 Å². The number of carboxylic acids is 4. The first-order valence-corrected chi connectivity index (χ1v) is 48.5. The molecule has 6 aromatic rings. The number of ether oxygens (including phenoxy) is 8. The minimum Gasteiger partial charge on any atom is -0.493 e. The van der Waals surface area contributed by atoms with E-state index in [1.807, 2.05) is 83.1 Å². The smallest absolute Gasteiger partial charge is 0.335 e. The molecular weight excluding hydrogens is 1730 g/mol. The Bertz CT molecular complexity index is 5310. The molecule has 0 unspecified atom stereocenters. The second kappa shape index (κ2) is 49.5. The highest BCUT2D eigenvalue weighted by Crippen LogP contribution is 2.51. The van der Waals surface area contributed by atoms with Crippen molar-refractivity contribution in [3.8, 4) is 46.0 Å². The van der Waals surface area contributed by atoms with Crippen LogP contribution in [0.2, 0.25) is 0 Å². The third kappa shape index (κ3) is 28.6. The maximum atomic E-state index is 15.5. The highest BCUT2D eigenvalue weighted by atomic mass is 32.2. The van der Waals surface area contributed by atoms with Gasteiger partial charge in [0.1, 0.15) is 52.5 Å². The predicted molar refractivity (Wildman–Crippen MR) is 498 cm³/mol. The van der Waals surface area contributed by atoms with Gasteiger partial charge in [-0.3, -0.25) is 28.3 Å². The summed E-state index contributed by atoms with van der Waals surface area (Å²) in [6.07, 6.45) is 11.9. The average Bonchev–Trinajstić information content (AvgIpc) is 1.57. The zero-order valence-corrected chi connectivity index (χ0v) is 78.9. The molecule has 2 heterocycles. The van der Waals surface area contributed by atoms with Crippen LogP contribution in [0.4, 0.5) is 11.4 Å². The van der Waals surface area contributed by atoms with Gasteiger partial charge in [0.2, 0.25) is 5.69 Å². The first kappa shape index (κ1) is 105. The molecule has 8 rings (SSSR count). The maximum absolute atomic E-state index is 15.5. The summed E-state index contributed by atoms with van der Waals surface area (Å²) in [5.41, 5.74) is 2.26. The summed E-state index contributed by atoms with van der Waals surface area (Å²) < 4.78 is 122. The Morgan fingerprint density at radius 1 is 0.374 bits per heavy atom. The van der Waals surface area contributed by atoms with E-state index in [4.69, 9.17) is 37.9 Å². The molecule has 0 bridgehead atoms. The van der Waals surface area contributed by atoms with Gasteiger partial charge in [-0.2, -0.15) is 21.4 Å². The molecule has 0 aliphatic carbocycles. The van der Waals surface area contributed by atoms with E-state index >= 15 is 19.2 Å². The number of nitrogens with one attached hydrogen (secondary N) is 4. The first-order chi connectivity index (χ1) is 62.4. The first-order valence-electron chi connectivity index (χ1n) is 45.3. The van der Waals surface area contributed by atoms with E-state index in [0.717, 1.165) is 0 Å². The van der Waals surface area contributed by atoms with E-state index in [9.17, 15) is 65.5 Å². The molecule has 714 valence electrons. The largest absolute Gasteiger partial charge is 0.493 e. The molecular formula is C97H129N6O26S2+. The van der Waals surface area contributed by atoms with Crippen molar-refractivity contribution >= 4 is 84.8 Å². The number of anilines is 1. The van der Waals surface area contributed by atoms with Gasteiger partial charge in [-0.25, -0.2) is 19.2 Å². The topological polar surface area (TPSA) is 454 Å². The Morgan fingerprint density at radius 2 is 0.664 bits per heavy atom. The van der Waals surface area contributed by atoms with E-state index in [2.05, 4.69) is 21.3 Å². The van der Waals surface area contributed by atoms with Gasteiger partial charge < -0.3 is 84.5 Å². The van der Waals surface area contributed by atoms with Crippen LogP contribution in [0.1, 0.15) is 289 Å². The fraction of sp³-hybridized carbons (Fsp3) is 0.495. The van der Waals surface area contributed by atoms with Crippen molar-refractivity contribution in [3.05, 3.63) is 175 Å². The number of allylic oxidation sites excluding steroid dienone is 4. The molecule has 0 saturated heterocycles. The zero-order chi connectivity index (χ0) is 95.9. The molecule has 0 aromatic heterocycles. The second-order valence-corrected chi connectivity index (χ2v) is 36.4. The highest BCUT2D eigenvalue weighted by Gasteiger charge is 2.49. The van der Waals surface area contributed by atoms with Crippen LogP contribution >= 0.6 is 0 Å². The van der Waals surface area contributed by atoms with Crippen LogP contribution in [0.25, 0.3) is 0 Å². The lowest BCUT2D eigenvalue weighted by molar-refractivity contribution is -0.437. The summed E-state index contributed by atoms with van der Waals surface area (Å²) in [6, 6.07) is 17.7. The number of hydrogen-bond acceptors (Lipinski definition) is 21. The fourth-order valence-electron chi connectivity index (χ4n) is 15.9. The van der Waals surface area contributed by atoms with Gasteiger partial charge in [-0.1, -0.05) is 75.3 Å². The number of rotatable bonds is 58. The molecule has 4 amide bonds. The van der Waals surface area contributed by atoms with Crippen molar-refractivity contribution in [2.45, 2.75) is 209 Å². The number of benzene rings is 6. The average molecular weight is 1860 g/mol. The number of aromatic carboxylic acids is 4. The van der Waals surface area contributed by atoms with Gasteiger partial charge in [0.05, 0.1) is 103 Å². The molecule has 2 aliphatic rings. The minimum absolute atomic E-state index is 0.0155. The molecule has 131 heavy (non-hydrogen) atoms. The lowest BCUT2D eigenvalue weighted by atomic mass is 9.78. The van der Waals surface area contributed by atoms with Crippen molar-refractivity contribution in [1.29, 1.82) is 0 Å². The van der Waals surface area contributed by atoms with Gasteiger partial charge in [0.15, 0.2) is 5.71 Å². The second-order valence-electron chi connectivity index (χ2n) is 33.2. The fourth-order valence-corrected chi connectivity index (χ4v) is 16.9. The van der Waals surface area contributed by atoms with Crippen molar-refractivity contribution in [1.82, 2.24) is 21.3 Å². The summed E-state index contributed by atoms with van der Waals surface area (Å²) in [5, 5.41) is 52.5. The number of nitrogens with zero attached hydrogens (tertiary/aromatic N) is 2. The number of carbonyl (C=O) groups is 8. The molecule has 0 fully saturated rings. The van der Waals surface area contributed by atoms with Gasteiger partial charge in [0, 0.05) is 113 Å². The highest BCUT2D eigenvalue weighted by molar-refractivity contribution is 7.86. The number of carbonyl (C=O) groups excluding carboxylic acids is 4. The molecule has 34 heteroatoms. The molecule has 2 aliphatic heterocycles. The van der Waals surface area contributed by atoms with E-state index < -0.39 is 90.1 Å². The molecule has 32 nitrogen and oxygen atoms in total. The molecule has 0 saturated carbocycles. The van der Waals surface area contributed by atoms with Crippen LogP contribution in [-0.4, -0.2) is 208 Å². The lowest BCUT2D eigenvalue weighted by Gasteiger charge is -2.27. The summed E-state index contributed by atoms with van der Waals surface area (Å²) in [5.74, 6) is -6.08. The summed E-state index contributed by atoms with van der Waals surface area (Å²) in [6.45, 7) is 24.8. The molecule has 10 N–H and O–H groups in total. The number of carboxylic acid groups (broad SMARTS) is 4. The number of amides is 4. The Balaban J connectivity index is 1.25. The Morgan fingerprint density at radius 3 is 0.962 bits per heavy atom. The molecule has 6 aromatic carbocycles. The normalized spacial score (nSPS) is 13.5. The van der Waals surface area contributed by atoms with Gasteiger partial charge in [-0.15, -0.1) is 0 Å². The summed E-state index contributed by atoms with van der Waals surface area (Å²) >= 11 is 0. The number of hydrogen-bond donors (Lipinski definition) is 10. The van der Waals surface area contributed by atoms with E-state index in [-0.39, 0.29) is 188 Å². The van der Waals surface area contributed by atoms with E-state index in [1.54, 1.807) is 39.8 Å². The zero-order valence-electron chi connectivity index (χ0n) is 77.3. The summed E-state index contributed by atoms with van der Waals surface area (Å²) in [4.78, 5) is 112. The molecule has 0 radical (unpaired) electrons. The lowest BCUT2D eigenvalue weighted by Crippen LogP contribution is -2.32. The quantitative estimate of drug-likeness (QED) is 0.00963. The van der Waals surface area contributed by atoms with Gasteiger partial charge in [0.25, 0.3) is 43.9 Å². The number of fused-ring (bicyclic) bond motifs is 2. The SMILES string of the molecule is CCCOc1cc(C(=O)O)cc(OCCC)c1CCCNC(=O)c1cc(C(=O)NCCCc2c(OCCC)cc(C(=O)O)cc2OCCC)c2c(c1)N(CCCS(=O)(=O)O)/C(=C/C=C/C1=[N+](CCCS(=O)(=O)O)c3cc(C(=O)NCCCc4c(OCCC)cc(C(=O)O)cc4OCCC)cc(C(=O)NCCCc4c(OCCC)cc(C(=O)O)cc4OCCC)c3C1(C)C)C2(C)C. The summed E-state index contributed by atoms with van der Waals surface area (Å²) in [7, 11) is -9.19. The van der Waals surface area contributed by atoms with Crippen LogP contribution in [-0.2, 0) is 56.7 Å². The van der Waals surface area contributed by atoms with Crippen molar-refractivity contribution in [2.24, 2.45) is 0 Å².